The van der Waals surface area contributed by atoms with Crippen molar-refractivity contribution in [2.45, 2.75) is 72.8 Å². The van der Waals surface area contributed by atoms with Gasteiger partial charge in [-0.15, -0.1) is 0 Å². The van der Waals surface area contributed by atoms with E-state index in [1.165, 1.54) is 19.1 Å². The number of carbonyl (C=O) groups is 2. The molecule has 1 aromatic rings. The number of nitrogens with zero attached hydrogens (tertiary/aromatic N) is 1. The summed E-state index contributed by atoms with van der Waals surface area (Å²) in [6, 6.07) is 4.35. The SMILES string of the molecule is CC(C)=CCC[C@@](C)(O)CCC1=C(Oc2cc(C)ccc2[N+](=O)[O-])C(=O)C(C)=C(C)C1=O. The maximum absolute atomic E-state index is 13.0. The monoisotopic (exact) mass is 441 g/mol. The molecule has 0 heterocycles. The van der Waals surface area contributed by atoms with Crippen LogP contribution in [0, 0.1) is 17.0 Å². The Kier molecular flexibility index (Phi) is 7.91. The van der Waals surface area contributed by atoms with Crippen LogP contribution in [0.25, 0.3) is 0 Å². The average Bonchev–Trinajstić information content (AvgIpc) is 2.69. The molecule has 0 fully saturated rings. The first-order valence-corrected chi connectivity index (χ1v) is 10.6. The normalized spacial score (nSPS) is 16.2. The van der Waals surface area contributed by atoms with Gasteiger partial charge in [0, 0.05) is 22.8 Å². The molecule has 0 amide bonds. The van der Waals surface area contributed by atoms with Crippen LogP contribution in [0.4, 0.5) is 5.69 Å². The Balaban J connectivity index is 2.42. The van der Waals surface area contributed by atoms with Gasteiger partial charge in [0.05, 0.1) is 10.5 Å². The number of hydrogen-bond acceptors (Lipinski definition) is 6. The summed E-state index contributed by atoms with van der Waals surface area (Å²) >= 11 is 0. The topological polar surface area (TPSA) is 107 Å². The van der Waals surface area contributed by atoms with Crippen molar-refractivity contribution in [2.24, 2.45) is 0 Å². The summed E-state index contributed by atoms with van der Waals surface area (Å²) in [5.74, 6) is -1.11. The first kappa shape index (κ1) is 25.2. The van der Waals surface area contributed by atoms with Gasteiger partial charge in [0.25, 0.3) is 0 Å². The number of ketones is 2. The number of aliphatic hydroxyl groups is 1. The minimum absolute atomic E-state index is 0.0914. The second kappa shape index (κ2) is 10.0. The van der Waals surface area contributed by atoms with Gasteiger partial charge in [-0.1, -0.05) is 17.7 Å². The standard InChI is InChI=1S/C25H31NO6/c1-15(2)8-7-12-25(6,29)13-11-19-22(27)17(4)18(5)23(28)24(19)32-21-14-16(3)9-10-20(21)26(30)31/h8-10,14,29H,7,11-13H2,1-6H3/t25-/m1/s1. The van der Waals surface area contributed by atoms with Crippen LogP contribution >= 0.6 is 0 Å². The van der Waals surface area contributed by atoms with Crippen molar-refractivity contribution in [3.8, 4) is 5.75 Å². The third-order valence-corrected chi connectivity index (χ3v) is 5.67. The first-order chi connectivity index (χ1) is 14.8. The molecule has 0 radical (unpaired) electrons. The summed E-state index contributed by atoms with van der Waals surface area (Å²) in [6.07, 6.45) is 3.59. The Hall–Kier alpha value is -3.06. The molecule has 0 spiro atoms. The molecular weight excluding hydrogens is 410 g/mol. The van der Waals surface area contributed by atoms with Crippen LogP contribution in [0.5, 0.6) is 5.75 Å². The number of allylic oxidation sites excluding steroid dienone is 5. The smallest absolute Gasteiger partial charge is 0.311 e. The lowest BCUT2D eigenvalue weighted by atomic mass is 9.84. The summed E-state index contributed by atoms with van der Waals surface area (Å²) in [6.45, 7) is 10.5. The van der Waals surface area contributed by atoms with Crippen LogP contribution in [-0.2, 0) is 9.59 Å². The Morgan fingerprint density at radius 1 is 1.12 bits per heavy atom. The van der Waals surface area contributed by atoms with Gasteiger partial charge < -0.3 is 9.84 Å². The fourth-order valence-corrected chi connectivity index (χ4v) is 3.47. The third kappa shape index (κ3) is 6.01. The average molecular weight is 442 g/mol. The van der Waals surface area contributed by atoms with Gasteiger partial charge >= 0.3 is 5.69 Å². The van der Waals surface area contributed by atoms with E-state index < -0.39 is 16.3 Å². The van der Waals surface area contributed by atoms with Crippen molar-refractivity contribution in [2.75, 3.05) is 0 Å². The molecule has 0 aliphatic heterocycles. The van der Waals surface area contributed by atoms with Crippen LogP contribution in [0.1, 0.15) is 65.9 Å². The van der Waals surface area contributed by atoms with Gasteiger partial charge in [0.1, 0.15) is 0 Å². The van der Waals surface area contributed by atoms with Crippen LogP contribution < -0.4 is 4.74 Å². The largest absolute Gasteiger partial charge is 0.446 e. The van der Waals surface area contributed by atoms with E-state index in [2.05, 4.69) is 0 Å². The van der Waals surface area contributed by atoms with Gasteiger partial charge in [-0.05, 0) is 78.9 Å². The molecule has 7 nitrogen and oxygen atoms in total. The lowest BCUT2D eigenvalue weighted by molar-refractivity contribution is -0.385. The molecular formula is C25H31NO6. The number of benzene rings is 1. The van der Waals surface area contributed by atoms with E-state index in [1.807, 2.05) is 19.9 Å². The Bertz CT molecular complexity index is 1040. The first-order valence-electron chi connectivity index (χ1n) is 10.6. The van der Waals surface area contributed by atoms with Crippen molar-refractivity contribution in [1.82, 2.24) is 0 Å². The number of nitro benzene ring substituents is 1. The highest BCUT2D eigenvalue weighted by Gasteiger charge is 2.34. The number of aryl methyl sites for hydroxylation is 1. The Morgan fingerprint density at radius 2 is 1.75 bits per heavy atom. The summed E-state index contributed by atoms with van der Waals surface area (Å²) < 4.78 is 5.76. The fourth-order valence-electron chi connectivity index (χ4n) is 3.47. The molecule has 1 aliphatic rings. The second-order valence-corrected chi connectivity index (χ2v) is 8.86. The number of hydrogen-bond donors (Lipinski definition) is 1. The molecule has 172 valence electrons. The zero-order valence-corrected chi connectivity index (χ0v) is 19.6. The molecule has 7 heteroatoms. The highest BCUT2D eigenvalue weighted by molar-refractivity contribution is 6.24. The molecule has 1 aliphatic carbocycles. The van der Waals surface area contributed by atoms with E-state index >= 15 is 0 Å². The van der Waals surface area contributed by atoms with Gasteiger partial charge in [-0.25, -0.2) is 0 Å². The third-order valence-electron chi connectivity index (χ3n) is 5.67. The number of rotatable bonds is 9. The molecule has 2 rings (SSSR count). The predicted octanol–water partition coefficient (Wildman–Crippen LogP) is 5.30. The van der Waals surface area contributed by atoms with E-state index in [-0.39, 0.29) is 47.0 Å². The van der Waals surface area contributed by atoms with Crippen LogP contribution in [0.15, 0.2) is 52.3 Å². The molecule has 32 heavy (non-hydrogen) atoms. The molecule has 1 N–H and O–H groups in total. The van der Waals surface area contributed by atoms with E-state index in [0.29, 0.717) is 24.0 Å². The zero-order valence-electron chi connectivity index (χ0n) is 19.6. The molecule has 0 bridgehead atoms. The van der Waals surface area contributed by atoms with Gasteiger partial charge in [0.2, 0.25) is 11.5 Å². The highest BCUT2D eigenvalue weighted by atomic mass is 16.6. The molecule has 1 atom stereocenters. The van der Waals surface area contributed by atoms with Crippen LogP contribution in [0.2, 0.25) is 0 Å². The van der Waals surface area contributed by atoms with Crippen molar-refractivity contribution in [1.29, 1.82) is 0 Å². The lowest BCUT2D eigenvalue weighted by Gasteiger charge is -2.26. The van der Waals surface area contributed by atoms with Crippen molar-refractivity contribution >= 4 is 17.3 Å². The molecule has 0 saturated carbocycles. The summed E-state index contributed by atoms with van der Waals surface area (Å²) in [4.78, 5) is 36.9. The van der Waals surface area contributed by atoms with Crippen LogP contribution in [0.3, 0.4) is 0 Å². The van der Waals surface area contributed by atoms with E-state index in [1.54, 1.807) is 26.8 Å². The van der Waals surface area contributed by atoms with Crippen molar-refractivity contribution in [3.63, 3.8) is 0 Å². The van der Waals surface area contributed by atoms with Gasteiger partial charge in [-0.3, -0.25) is 19.7 Å². The summed E-state index contributed by atoms with van der Waals surface area (Å²) in [5.41, 5.74) is 1.24. The molecule has 0 aromatic heterocycles. The van der Waals surface area contributed by atoms with E-state index in [0.717, 1.165) is 5.57 Å². The minimum Gasteiger partial charge on any atom is -0.446 e. The molecule has 0 saturated heterocycles. The molecule has 1 aromatic carbocycles. The summed E-state index contributed by atoms with van der Waals surface area (Å²) in [5, 5.41) is 22.2. The highest BCUT2D eigenvalue weighted by Crippen LogP contribution is 2.35. The Labute approximate surface area is 188 Å². The second-order valence-electron chi connectivity index (χ2n) is 8.86. The quantitative estimate of drug-likeness (QED) is 0.241. The molecule has 0 unspecified atom stereocenters. The van der Waals surface area contributed by atoms with Crippen LogP contribution in [-0.4, -0.2) is 27.2 Å². The van der Waals surface area contributed by atoms with Gasteiger partial charge in [-0.2, -0.15) is 0 Å². The number of nitro groups is 1. The summed E-state index contributed by atoms with van der Waals surface area (Å²) in [7, 11) is 0. The fraction of sp³-hybridized carbons (Fsp3) is 0.440. The number of ether oxygens (including phenoxy) is 1. The zero-order chi connectivity index (χ0) is 24.2. The lowest BCUT2D eigenvalue weighted by Crippen LogP contribution is -2.28. The number of carbonyl (C=O) groups excluding carboxylic acids is 2. The maximum Gasteiger partial charge on any atom is 0.311 e. The van der Waals surface area contributed by atoms with Crippen molar-refractivity contribution < 1.29 is 24.4 Å². The maximum atomic E-state index is 13.0. The minimum atomic E-state index is -1.05. The van der Waals surface area contributed by atoms with E-state index in [4.69, 9.17) is 4.74 Å². The van der Waals surface area contributed by atoms with Gasteiger partial charge in [0.15, 0.2) is 11.5 Å². The Morgan fingerprint density at radius 3 is 2.34 bits per heavy atom. The van der Waals surface area contributed by atoms with E-state index in [9.17, 15) is 24.8 Å². The number of Topliss-reactive ketones (excluding diaryl/α,β-unsaturated/α-hetero) is 2. The van der Waals surface area contributed by atoms with Crippen molar-refractivity contribution in [3.05, 3.63) is 68.0 Å². The predicted molar refractivity (Wildman–Crippen MR) is 122 cm³/mol.